The van der Waals surface area contributed by atoms with E-state index in [0.29, 0.717) is 39.9 Å². The lowest BCUT2D eigenvalue weighted by molar-refractivity contribution is 0.415. The molecule has 0 unspecified atom stereocenters. The monoisotopic (exact) mass is 501 g/mol. The third-order valence-electron chi connectivity index (χ3n) is 6.27. The van der Waals surface area contributed by atoms with Crippen LogP contribution in [-0.4, -0.2) is 31.8 Å². The number of anilines is 2. The van der Waals surface area contributed by atoms with Gasteiger partial charge in [0, 0.05) is 5.56 Å². The van der Waals surface area contributed by atoms with Crippen LogP contribution < -0.4 is 15.6 Å². The number of aromatic nitrogens is 4. The highest BCUT2D eigenvalue weighted by Crippen LogP contribution is 2.36. The first kappa shape index (κ1) is 23.1. The summed E-state index contributed by atoms with van der Waals surface area (Å²) in [6, 6.07) is 30.1. The van der Waals surface area contributed by atoms with Gasteiger partial charge >= 0.3 is 0 Å². The van der Waals surface area contributed by atoms with Gasteiger partial charge in [0.25, 0.3) is 5.56 Å². The van der Waals surface area contributed by atoms with Crippen LogP contribution in [0.2, 0.25) is 0 Å². The lowest BCUT2D eigenvalue weighted by atomic mass is 10.0. The Balaban J connectivity index is 1.66. The van der Waals surface area contributed by atoms with Gasteiger partial charge in [-0.3, -0.25) is 4.79 Å². The molecule has 0 aliphatic carbocycles. The molecule has 0 radical (unpaired) electrons. The van der Waals surface area contributed by atoms with Gasteiger partial charge < -0.3 is 20.1 Å². The highest BCUT2D eigenvalue weighted by atomic mass is 16.5. The second-order valence-electron chi connectivity index (χ2n) is 8.65. The van der Waals surface area contributed by atoms with Crippen LogP contribution in [0.5, 0.6) is 11.5 Å². The van der Waals surface area contributed by atoms with E-state index in [0.717, 1.165) is 16.7 Å². The number of nitrogens with zero attached hydrogens (tertiary/aromatic N) is 3. The zero-order chi connectivity index (χ0) is 26.1. The maximum Gasteiger partial charge on any atom is 0.284 e. The van der Waals surface area contributed by atoms with Gasteiger partial charge in [-0.15, -0.1) is 0 Å². The normalized spacial score (nSPS) is 11.0. The second kappa shape index (κ2) is 9.59. The molecule has 3 N–H and O–H groups in total. The molecule has 0 saturated carbocycles. The van der Waals surface area contributed by atoms with Crippen molar-refractivity contribution >= 4 is 17.3 Å². The van der Waals surface area contributed by atoms with Crippen LogP contribution in [-0.2, 0) is 0 Å². The Labute approximate surface area is 217 Å². The molecule has 0 fully saturated rings. The van der Waals surface area contributed by atoms with Gasteiger partial charge in [0.15, 0.2) is 0 Å². The number of nitrogens with one attached hydrogen (secondary N) is 2. The Morgan fingerprint density at radius 1 is 0.816 bits per heavy atom. The molecule has 3 aromatic carbocycles. The standard InChI is InChI=1S/C30H23N5O3/c1-38-23-15-12-20(13-16-23)26-28(32-24-17-14-22(36)18-31-24)33-29-25(19-8-4-2-5-9-19)27(34-35(29)30(26)37)21-10-6-3-7-11-21/h2-18,33,36H,1H3,(H,31,32). The quantitative estimate of drug-likeness (QED) is 0.263. The lowest BCUT2D eigenvalue weighted by Crippen LogP contribution is -2.19. The molecule has 6 rings (SSSR count). The number of rotatable bonds is 6. The molecule has 8 nitrogen and oxygen atoms in total. The van der Waals surface area contributed by atoms with Crippen molar-refractivity contribution in [1.82, 2.24) is 19.6 Å². The Kier molecular flexibility index (Phi) is 5.82. The maximum atomic E-state index is 14.1. The van der Waals surface area contributed by atoms with Crippen molar-refractivity contribution in [3.63, 3.8) is 0 Å². The number of pyridine rings is 1. The number of H-pyrrole nitrogens is 1. The van der Waals surface area contributed by atoms with E-state index in [4.69, 9.17) is 9.84 Å². The first-order valence-electron chi connectivity index (χ1n) is 12.0. The maximum absolute atomic E-state index is 14.1. The van der Waals surface area contributed by atoms with E-state index in [2.05, 4.69) is 15.3 Å². The van der Waals surface area contributed by atoms with Crippen LogP contribution in [0.1, 0.15) is 0 Å². The number of methoxy groups -OCH3 is 1. The van der Waals surface area contributed by atoms with Crippen LogP contribution in [0.15, 0.2) is 108 Å². The smallest absolute Gasteiger partial charge is 0.284 e. The fraction of sp³-hybridized carbons (Fsp3) is 0.0333. The van der Waals surface area contributed by atoms with E-state index >= 15 is 0 Å². The van der Waals surface area contributed by atoms with Crippen molar-refractivity contribution in [3.05, 3.63) is 114 Å². The minimum absolute atomic E-state index is 0.0459. The van der Waals surface area contributed by atoms with E-state index < -0.39 is 0 Å². The highest BCUT2D eigenvalue weighted by molar-refractivity contribution is 5.92. The van der Waals surface area contributed by atoms with Crippen LogP contribution in [0.3, 0.4) is 0 Å². The average Bonchev–Trinajstić information content (AvgIpc) is 3.35. The van der Waals surface area contributed by atoms with Crippen molar-refractivity contribution < 1.29 is 9.84 Å². The van der Waals surface area contributed by atoms with Gasteiger partial charge in [-0.25, -0.2) is 4.98 Å². The largest absolute Gasteiger partial charge is 0.506 e. The summed E-state index contributed by atoms with van der Waals surface area (Å²) in [5.41, 5.74) is 4.60. The number of aromatic amines is 1. The Hall–Kier alpha value is -5.37. The van der Waals surface area contributed by atoms with E-state index in [9.17, 15) is 9.90 Å². The summed E-state index contributed by atoms with van der Waals surface area (Å²) in [5, 5.41) is 17.7. The van der Waals surface area contributed by atoms with Crippen molar-refractivity contribution in [3.8, 4) is 45.0 Å². The summed E-state index contributed by atoms with van der Waals surface area (Å²) in [4.78, 5) is 21.8. The fourth-order valence-corrected chi connectivity index (χ4v) is 4.46. The zero-order valence-electron chi connectivity index (χ0n) is 20.4. The molecular weight excluding hydrogens is 478 g/mol. The summed E-state index contributed by atoms with van der Waals surface area (Å²) >= 11 is 0. The molecule has 0 spiro atoms. The molecule has 0 atom stereocenters. The van der Waals surface area contributed by atoms with E-state index in [1.54, 1.807) is 25.3 Å². The second-order valence-corrected chi connectivity index (χ2v) is 8.65. The molecule has 3 aromatic heterocycles. The topological polar surface area (TPSA) is 105 Å². The van der Waals surface area contributed by atoms with E-state index in [1.807, 2.05) is 72.8 Å². The van der Waals surface area contributed by atoms with E-state index in [-0.39, 0.29) is 11.3 Å². The van der Waals surface area contributed by atoms with Crippen LogP contribution in [0, 0.1) is 0 Å². The number of aromatic hydroxyl groups is 1. The Morgan fingerprint density at radius 2 is 1.47 bits per heavy atom. The minimum atomic E-state index is -0.301. The molecule has 0 aliphatic heterocycles. The number of benzene rings is 3. The fourth-order valence-electron chi connectivity index (χ4n) is 4.46. The highest BCUT2D eigenvalue weighted by Gasteiger charge is 2.23. The van der Waals surface area contributed by atoms with Crippen LogP contribution >= 0.6 is 0 Å². The SMILES string of the molecule is COc1ccc(-c2c(Nc3ccc(O)cn3)[nH]c3c(-c4ccccc4)c(-c4ccccc4)nn3c2=O)cc1. The van der Waals surface area contributed by atoms with E-state index in [1.165, 1.54) is 16.8 Å². The van der Waals surface area contributed by atoms with Crippen molar-refractivity contribution in [2.45, 2.75) is 0 Å². The zero-order valence-corrected chi connectivity index (χ0v) is 20.4. The minimum Gasteiger partial charge on any atom is -0.506 e. The first-order valence-corrected chi connectivity index (χ1v) is 12.0. The molecule has 0 aliphatic rings. The number of ether oxygens (including phenoxy) is 1. The molecule has 6 aromatic rings. The molecule has 0 amide bonds. The molecule has 0 bridgehead atoms. The van der Waals surface area contributed by atoms with Gasteiger partial charge in [-0.2, -0.15) is 9.61 Å². The molecule has 3 heterocycles. The third kappa shape index (κ3) is 4.14. The van der Waals surface area contributed by atoms with Crippen LogP contribution in [0.4, 0.5) is 11.6 Å². The third-order valence-corrected chi connectivity index (χ3v) is 6.27. The van der Waals surface area contributed by atoms with Gasteiger partial charge in [-0.1, -0.05) is 72.8 Å². The van der Waals surface area contributed by atoms with Crippen molar-refractivity contribution in [2.24, 2.45) is 0 Å². The number of hydrogen-bond donors (Lipinski definition) is 3. The van der Waals surface area contributed by atoms with Crippen molar-refractivity contribution in [1.29, 1.82) is 0 Å². The van der Waals surface area contributed by atoms with Crippen LogP contribution in [0.25, 0.3) is 39.2 Å². The molecule has 38 heavy (non-hydrogen) atoms. The number of fused-ring (bicyclic) bond motifs is 1. The average molecular weight is 502 g/mol. The predicted molar refractivity (Wildman–Crippen MR) is 148 cm³/mol. The molecule has 0 saturated heterocycles. The Morgan fingerprint density at radius 3 is 2.11 bits per heavy atom. The van der Waals surface area contributed by atoms with Crippen molar-refractivity contribution in [2.75, 3.05) is 12.4 Å². The lowest BCUT2D eigenvalue weighted by Gasteiger charge is -2.13. The Bertz CT molecular complexity index is 1780. The molecular formula is C30H23N5O3. The number of hydrogen-bond acceptors (Lipinski definition) is 6. The summed E-state index contributed by atoms with van der Waals surface area (Å²) in [7, 11) is 1.59. The molecule has 186 valence electrons. The summed E-state index contributed by atoms with van der Waals surface area (Å²) < 4.78 is 6.72. The summed E-state index contributed by atoms with van der Waals surface area (Å²) in [6.45, 7) is 0. The van der Waals surface area contributed by atoms with Gasteiger partial charge in [0.2, 0.25) is 0 Å². The summed E-state index contributed by atoms with van der Waals surface area (Å²) in [5.74, 6) is 1.63. The molecule has 8 heteroatoms. The van der Waals surface area contributed by atoms with Gasteiger partial charge in [0.1, 0.15) is 34.5 Å². The first-order chi connectivity index (χ1) is 18.6. The van der Waals surface area contributed by atoms with Gasteiger partial charge in [0.05, 0.1) is 24.4 Å². The predicted octanol–water partition coefficient (Wildman–Crippen LogP) is 5.88. The summed E-state index contributed by atoms with van der Waals surface area (Å²) in [6.07, 6.45) is 1.34. The van der Waals surface area contributed by atoms with Gasteiger partial charge in [-0.05, 0) is 35.4 Å².